The lowest BCUT2D eigenvalue weighted by atomic mass is 10.6. The topological polar surface area (TPSA) is 61.0 Å². The Morgan fingerprint density at radius 2 is 2.07 bits per heavy atom. The van der Waals surface area contributed by atoms with Crippen molar-refractivity contribution in [3.05, 3.63) is 10.7 Å². The second-order valence-electron chi connectivity index (χ2n) is 2.30. The molecule has 0 bridgehead atoms. The van der Waals surface area contributed by atoms with E-state index in [1.165, 1.54) is 6.07 Å². The van der Waals surface area contributed by atoms with Crippen LogP contribution in [0.4, 0.5) is 19.0 Å². The van der Waals surface area contributed by atoms with Crippen LogP contribution in [0.3, 0.4) is 0 Å². The van der Waals surface area contributed by atoms with Gasteiger partial charge in [-0.05, 0) is 15.9 Å². The highest BCUT2D eigenvalue weighted by Gasteiger charge is 2.29. The molecule has 0 amide bonds. The van der Waals surface area contributed by atoms with Gasteiger partial charge >= 0.3 is 12.2 Å². The van der Waals surface area contributed by atoms with Crippen LogP contribution in [0.15, 0.2) is 10.7 Å². The summed E-state index contributed by atoms with van der Waals surface area (Å²) >= 11 is 2.94. The molecule has 2 N–H and O–H groups in total. The van der Waals surface area contributed by atoms with Gasteiger partial charge in [0.25, 0.3) is 0 Å². The summed E-state index contributed by atoms with van der Waals surface area (Å²) < 4.78 is 39.7. The average molecular weight is 272 g/mol. The molecule has 78 valence electrons. The molecule has 0 aliphatic carbocycles. The molecule has 1 heterocycles. The lowest BCUT2D eigenvalue weighted by Gasteiger charge is -2.07. The molecule has 1 aromatic rings. The van der Waals surface area contributed by atoms with E-state index in [1.54, 1.807) is 0 Å². The van der Waals surface area contributed by atoms with Crippen LogP contribution >= 0.6 is 15.9 Å². The largest absolute Gasteiger partial charge is 0.454 e. The van der Waals surface area contributed by atoms with Gasteiger partial charge in [-0.15, -0.1) is 0 Å². The first-order valence-electron chi connectivity index (χ1n) is 3.36. The molecule has 8 heteroatoms. The molecule has 4 nitrogen and oxygen atoms in total. The summed E-state index contributed by atoms with van der Waals surface area (Å²) in [4.78, 5) is 6.99. The van der Waals surface area contributed by atoms with Crippen molar-refractivity contribution in [1.29, 1.82) is 0 Å². The molecular weight excluding hydrogens is 267 g/mol. The summed E-state index contributed by atoms with van der Waals surface area (Å²) in [5, 5.41) is 0. The van der Waals surface area contributed by atoms with E-state index < -0.39 is 18.8 Å². The standard InChI is InChI=1S/C6H5BrF3N3O/c7-3-1-4(11)13-5(12-3)14-2-6(8,9)10/h1H,2H2,(H2,11,12,13). The molecule has 0 radical (unpaired) electrons. The zero-order valence-electron chi connectivity index (χ0n) is 6.68. The molecule has 0 atom stereocenters. The molecule has 14 heavy (non-hydrogen) atoms. The number of halogens is 4. The molecule has 0 aliphatic heterocycles. The Bertz CT molecular complexity index is 310. The molecule has 0 saturated heterocycles. The van der Waals surface area contributed by atoms with Crippen LogP contribution in [0.2, 0.25) is 0 Å². The van der Waals surface area contributed by atoms with E-state index in [2.05, 4.69) is 30.6 Å². The quantitative estimate of drug-likeness (QED) is 0.833. The molecule has 0 spiro atoms. The van der Waals surface area contributed by atoms with Gasteiger partial charge in [-0.25, -0.2) is 0 Å². The number of nitrogens with two attached hydrogens (primary N) is 1. The first-order valence-corrected chi connectivity index (χ1v) is 4.16. The third kappa shape index (κ3) is 3.77. The smallest absolute Gasteiger partial charge is 0.422 e. The van der Waals surface area contributed by atoms with Gasteiger partial charge in [-0.1, -0.05) is 0 Å². The Kier molecular flexibility index (Phi) is 3.14. The van der Waals surface area contributed by atoms with E-state index in [1.807, 2.05) is 0 Å². The van der Waals surface area contributed by atoms with Crippen LogP contribution in [-0.4, -0.2) is 22.8 Å². The van der Waals surface area contributed by atoms with Gasteiger partial charge in [0.1, 0.15) is 10.4 Å². The highest BCUT2D eigenvalue weighted by Crippen LogP contribution is 2.18. The predicted octanol–water partition coefficient (Wildman–Crippen LogP) is 1.76. The molecule has 0 aromatic carbocycles. The fourth-order valence-corrected chi connectivity index (χ4v) is 1.01. The molecule has 0 unspecified atom stereocenters. The van der Waals surface area contributed by atoms with Gasteiger partial charge in [0, 0.05) is 6.07 Å². The van der Waals surface area contributed by atoms with Crippen molar-refractivity contribution >= 4 is 21.7 Å². The van der Waals surface area contributed by atoms with Crippen molar-refractivity contribution < 1.29 is 17.9 Å². The minimum Gasteiger partial charge on any atom is -0.454 e. The normalized spacial score (nSPS) is 11.4. The molecule has 0 saturated carbocycles. The van der Waals surface area contributed by atoms with Crippen LogP contribution < -0.4 is 10.5 Å². The van der Waals surface area contributed by atoms with Crippen LogP contribution in [0.1, 0.15) is 0 Å². The van der Waals surface area contributed by atoms with Crippen LogP contribution in [0.5, 0.6) is 6.01 Å². The second kappa shape index (κ2) is 3.99. The van der Waals surface area contributed by atoms with Gasteiger partial charge in [0.05, 0.1) is 0 Å². The van der Waals surface area contributed by atoms with Gasteiger partial charge in [-0.2, -0.15) is 23.1 Å². The minimum atomic E-state index is -4.42. The van der Waals surface area contributed by atoms with Crippen LogP contribution in [0, 0.1) is 0 Å². The van der Waals surface area contributed by atoms with E-state index in [4.69, 9.17) is 5.73 Å². The van der Waals surface area contributed by atoms with Gasteiger partial charge in [-0.3, -0.25) is 0 Å². The van der Waals surface area contributed by atoms with Crippen molar-refractivity contribution in [3.63, 3.8) is 0 Å². The number of aromatic nitrogens is 2. The summed E-state index contributed by atoms with van der Waals surface area (Å²) in [5.74, 6) is 0.0315. The first kappa shape index (κ1) is 11.0. The van der Waals surface area contributed by atoms with E-state index in [-0.39, 0.29) is 10.4 Å². The maximum absolute atomic E-state index is 11.7. The Morgan fingerprint density at radius 3 is 2.57 bits per heavy atom. The van der Waals surface area contributed by atoms with E-state index >= 15 is 0 Å². The predicted molar refractivity (Wildman–Crippen MR) is 45.7 cm³/mol. The van der Waals surface area contributed by atoms with Crippen LogP contribution in [0.25, 0.3) is 0 Å². The van der Waals surface area contributed by atoms with E-state index in [9.17, 15) is 13.2 Å². The van der Waals surface area contributed by atoms with Crippen LogP contribution in [-0.2, 0) is 0 Å². The maximum atomic E-state index is 11.7. The zero-order chi connectivity index (χ0) is 10.8. The minimum absolute atomic E-state index is 0.0315. The fraction of sp³-hybridized carbons (Fsp3) is 0.333. The summed E-state index contributed by atoms with van der Waals surface area (Å²) in [6, 6.07) is 0.940. The third-order valence-electron chi connectivity index (χ3n) is 1.06. The molecule has 1 rings (SSSR count). The van der Waals surface area contributed by atoms with E-state index in [0.717, 1.165) is 0 Å². The van der Waals surface area contributed by atoms with Crippen molar-refractivity contribution in [2.24, 2.45) is 0 Å². The molecule has 0 fully saturated rings. The van der Waals surface area contributed by atoms with E-state index in [0.29, 0.717) is 0 Å². The van der Waals surface area contributed by atoms with Gasteiger partial charge < -0.3 is 10.5 Å². The number of anilines is 1. The fourth-order valence-electron chi connectivity index (χ4n) is 0.624. The maximum Gasteiger partial charge on any atom is 0.422 e. The van der Waals surface area contributed by atoms with Crippen molar-refractivity contribution in [1.82, 2.24) is 9.97 Å². The summed E-state index contributed by atoms with van der Waals surface area (Å²) in [6.45, 7) is -1.44. The van der Waals surface area contributed by atoms with Gasteiger partial charge in [0.15, 0.2) is 6.61 Å². The third-order valence-corrected chi connectivity index (χ3v) is 1.47. The Morgan fingerprint density at radius 1 is 1.43 bits per heavy atom. The summed E-state index contributed by atoms with van der Waals surface area (Å²) in [6.07, 6.45) is -4.42. The number of nitrogen functional groups attached to an aromatic ring is 1. The zero-order valence-corrected chi connectivity index (χ0v) is 8.26. The number of hydrogen-bond donors (Lipinski definition) is 1. The highest BCUT2D eigenvalue weighted by molar-refractivity contribution is 9.10. The Hall–Kier alpha value is -1.05. The van der Waals surface area contributed by atoms with Crippen molar-refractivity contribution in [3.8, 4) is 6.01 Å². The molecule has 0 aliphatic rings. The van der Waals surface area contributed by atoms with Crippen molar-refractivity contribution in [2.45, 2.75) is 6.18 Å². The lowest BCUT2D eigenvalue weighted by molar-refractivity contribution is -0.154. The number of ether oxygens (including phenoxy) is 1. The second-order valence-corrected chi connectivity index (χ2v) is 3.11. The van der Waals surface area contributed by atoms with Gasteiger partial charge in [0.2, 0.25) is 0 Å². The first-order chi connectivity index (χ1) is 6.37. The highest BCUT2D eigenvalue weighted by atomic mass is 79.9. The molecule has 1 aromatic heterocycles. The average Bonchev–Trinajstić information content (AvgIpc) is 1.97. The number of nitrogens with zero attached hydrogens (tertiary/aromatic N) is 2. The Labute approximate surface area is 85.4 Å². The summed E-state index contributed by atoms with van der Waals surface area (Å²) in [7, 11) is 0. The molecular formula is C6H5BrF3N3O. The SMILES string of the molecule is Nc1cc(Br)nc(OCC(F)(F)F)n1. The monoisotopic (exact) mass is 271 g/mol. The Balaban J connectivity index is 2.68. The number of alkyl halides is 3. The number of rotatable bonds is 2. The summed E-state index contributed by atoms with van der Waals surface area (Å²) in [5.41, 5.74) is 5.26. The lowest BCUT2D eigenvalue weighted by Crippen LogP contribution is -2.20. The van der Waals surface area contributed by atoms with Crippen molar-refractivity contribution in [2.75, 3.05) is 12.3 Å². The number of hydrogen-bond acceptors (Lipinski definition) is 4.